The van der Waals surface area contributed by atoms with E-state index < -0.39 is 0 Å². The number of nitrogens with two attached hydrogens (primary N) is 1. The highest BCUT2D eigenvalue weighted by atomic mass is 16.2. The van der Waals surface area contributed by atoms with Crippen LogP contribution in [0.3, 0.4) is 0 Å². The number of hydrogen-bond donors (Lipinski definition) is 1. The van der Waals surface area contributed by atoms with Gasteiger partial charge in [-0.1, -0.05) is 54.6 Å². The molecule has 0 bridgehead atoms. The van der Waals surface area contributed by atoms with Crippen LogP contribution in [0.4, 0.5) is 5.95 Å². The molecule has 182 valence electrons. The molecule has 8 nitrogen and oxygen atoms in total. The Labute approximate surface area is 209 Å². The van der Waals surface area contributed by atoms with Crippen molar-refractivity contribution in [3.63, 3.8) is 0 Å². The van der Waals surface area contributed by atoms with Gasteiger partial charge in [0, 0.05) is 23.5 Å². The quantitative estimate of drug-likeness (QED) is 0.397. The Balaban J connectivity index is 1.77. The van der Waals surface area contributed by atoms with Gasteiger partial charge in [0.15, 0.2) is 5.65 Å². The molecule has 5 aromatic rings. The molecule has 0 amide bonds. The van der Waals surface area contributed by atoms with Crippen molar-refractivity contribution in [1.29, 1.82) is 0 Å². The van der Waals surface area contributed by atoms with Crippen molar-refractivity contribution in [3.05, 3.63) is 99.7 Å². The van der Waals surface area contributed by atoms with Crippen LogP contribution in [0.15, 0.2) is 71.5 Å². The zero-order valence-corrected chi connectivity index (χ0v) is 20.9. The molecule has 0 spiro atoms. The maximum absolute atomic E-state index is 13.6. The van der Waals surface area contributed by atoms with Gasteiger partial charge in [0.05, 0.1) is 17.8 Å². The molecule has 8 heteroatoms. The topological polar surface area (TPSA) is 94.3 Å². The van der Waals surface area contributed by atoms with E-state index in [4.69, 9.17) is 15.8 Å². The molecular formula is C28H29N7O. The van der Waals surface area contributed by atoms with Crippen LogP contribution in [0.2, 0.25) is 0 Å². The summed E-state index contributed by atoms with van der Waals surface area (Å²) < 4.78 is 2.88. The minimum absolute atomic E-state index is 0.105. The Morgan fingerprint density at radius 1 is 0.861 bits per heavy atom. The largest absolute Gasteiger partial charge is 0.369 e. The zero-order chi connectivity index (χ0) is 25.4. The first-order valence-electron chi connectivity index (χ1n) is 11.8. The van der Waals surface area contributed by atoms with Gasteiger partial charge < -0.3 is 10.6 Å². The van der Waals surface area contributed by atoms with Crippen LogP contribution < -0.4 is 11.4 Å². The van der Waals surface area contributed by atoms with Crippen LogP contribution >= 0.6 is 0 Å². The summed E-state index contributed by atoms with van der Waals surface area (Å²) in [5.41, 5.74) is 13.7. The molecule has 0 radical (unpaired) electrons. The van der Waals surface area contributed by atoms with Crippen LogP contribution in [0, 0.1) is 13.8 Å². The minimum atomic E-state index is -0.321. The number of aryl methyl sites for hydroxylation is 2. The van der Waals surface area contributed by atoms with Gasteiger partial charge in [-0.25, -0.2) is 18.9 Å². The first kappa shape index (κ1) is 23.4. The smallest absolute Gasteiger partial charge is 0.353 e. The van der Waals surface area contributed by atoms with Crippen LogP contribution in [0.1, 0.15) is 22.5 Å². The predicted molar refractivity (Wildman–Crippen MR) is 143 cm³/mol. The van der Waals surface area contributed by atoms with E-state index in [1.54, 1.807) is 0 Å². The molecule has 3 aromatic heterocycles. The van der Waals surface area contributed by atoms with Crippen molar-refractivity contribution in [1.82, 2.24) is 29.0 Å². The number of hydrogen-bond acceptors (Lipinski definition) is 6. The van der Waals surface area contributed by atoms with Crippen molar-refractivity contribution in [2.24, 2.45) is 0 Å². The third kappa shape index (κ3) is 4.38. The molecule has 2 N–H and O–H groups in total. The molecule has 0 saturated heterocycles. The van der Waals surface area contributed by atoms with Crippen LogP contribution in [-0.2, 0) is 13.1 Å². The monoisotopic (exact) mass is 479 g/mol. The minimum Gasteiger partial charge on any atom is -0.369 e. The van der Waals surface area contributed by atoms with E-state index in [1.807, 2.05) is 88.6 Å². The first-order chi connectivity index (χ1) is 17.3. The van der Waals surface area contributed by atoms with Crippen LogP contribution in [0.5, 0.6) is 0 Å². The van der Waals surface area contributed by atoms with Crippen LogP contribution in [-0.4, -0.2) is 43.1 Å². The second-order valence-electron chi connectivity index (χ2n) is 9.30. The number of nitrogen functional groups attached to an aromatic ring is 1. The molecule has 0 aliphatic carbocycles. The van der Waals surface area contributed by atoms with Crippen molar-refractivity contribution < 1.29 is 0 Å². The highest BCUT2D eigenvalue weighted by Gasteiger charge is 2.22. The Bertz CT molecular complexity index is 1600. The van der Waals surface area contributed by atoms with E-state index in [0.29, 0.717) is 17.9 Å². The zero-order valence-electron chi connectivity index (χ0n) is 20.9. The normalized spacial score (nSPS) is 11.5. The fraction of sp³-hybridized carbons (Fsp3) is 0.214. The van der Waals surface area contributed by atoms with Gasteiger partial charge in [-0.15, -0.1) is 5.10 Å². The Kier molecular flexibility index (Phi) is 6.12. The summed E-state index contributed by atoms with van der Waals surface area (Å²) in [6.45, 7) is 5.00. The number of fused-ring (bicyclic) bond motifs is 1. The summed E-state index contributed by atoms with van der Waals surface area (Å²) in [6.07, 6.45) is 0. The fourth-order valence-corrected chi connectivity index (χ4v) is 4.62. The van der Waals surface area contributed by atoms with Crippen LogP contribution in [0.25, 0.3) is 28.0 Å². The highest BCUT2D eigenvalue weighted by molar-refractivity contribution is 5.90. The van der Waals surface area contributed by atoms with Gasteiger partial charge in [0.2, 0.25) is 5.95 Å². The number of benzene rings is 2. The van der Waals surface area contributed by atoms with Crippen molar-refractivity contribution >= 4 is 11.6 Å². The van der Waals surface area contributed by atoms with Gasteiger partial charge in [0.25, 0.3) is 0 Å². The van der Waals surface area contributed by atoms with Gasteiger partial charge in [-0.2, -0.15) is 0 Å². The average Bonchev–Trinajstić information content (AvgIpc) is 3.16. The number of anilines is 1. The molecule has 0 aliphatic heterocycles. The molecule has 0 fully saturated rings. The van der Waals surface area contributed by atoms with E-state index in [2.05, 4.69) is 16.0 Å². The molecule has 0 saturated carbocycles. The molecule has 36 heavy (non-hydrogen) atoms. The van der Waals surface area contributed by atoms with E-state index in [1.165, 1.54) is 9.08 Å². The van der Waals surface area contributed by atoms with Crippen molar-refractivity contribution in [2.75, 3.05) is 19.8 Å². The number of rotatable bonds is 6. The summed E-state index contributed by atoms with van der Waals surface area (Å²) in [5.74, 6) is 0.105. The Hall–Kier alpha value is -4.30. The second-order valence-corrected chi connectivity index (χ2v) is 9.30. The lowest BCUT2D eigenvalue weighted by molar-refractivity contribution is 0.400. The third-order valence-corrected chi connectivity index (χ3v) is 6.10. The van der Waals surface area contributed by atoms with Gasteiger partial charge in [0.1, 0.15) is 0 Å². The van der Waals surface area contributed by atoms with E-state index in [9.17, 15) is 4.79 Å². The van der Waals surface area contributed by atoms with E-state index in [-0.39, 0.29) is 11.6 Å². The molecule has 3 heterocycles. The molecule has 5 rings (SSSR count). The lowest BCUT2D eigenvalue weighted by Gasteiger charge is -2.13. The number of aromatic nitrogens is 5. The lowest BCUT2D eigenvalue weighted by atomic mass is 9.99. The summed E-state index contributed by atoms with van der Waals surface area (Å²) >= 11 is 0. The maximum atomic E-state index is 13.6. The highest BCUT2D eigenvalue weighted by Crippen LogP contribution is 2.34. The summed E-state index contributed by atoms with van der Waals surface area (Å²) in [4.78, 5) is 24.9. The number of pyridine rings is 1. The number of nitrogens with zero attached hydrogens (tertiary/aromatic N) is 6. The van der Waals surface area contributed by atoms with E-state index >= 15 is 0 Å². The van der Waals surface area contributed by atoms with Crippen molar-refractivity contribution in [3.8, 4) is 22.4 Å². The maximum Gasteiger partial charge on any atom is 0.353 e. The molecule has 0 atom stereocenters. The second kappa shape index (κ2) is 9.39. The predicted octanol–water partition coefficient (Wildman–Crippen LogP) is 3.93. The standard InChI is InChI=1S/C28H29N7O/c1-18-14-23(15-19(2)30-18)24-25(20-10-6-5-7-11-20)31-27(29)35-26(24)32-34(28(35)36)17-22-13-9-8-12-21(22)16-33(3)4/h5-15H,16-17H2,1-4H3,(H2,29,31). The first-order valence-corrected chi connectivity index (χ1v) is 11.8. The summed E-state index contributed by atoms with van der Waals surface area (Å²) in [7, 11) is 4.05. The van der Waals surface area contributed by atoms with Gasteiger partial charge in [-0.05, 0) is 56.8 Å². The van der Waals surface area contributed by atoms with Gasteiger partial charge >= 0.3 is 5.69 Å². The molecule has 0 aliphatic rings. The van der Waals surface area contributed by atoms with E-state index in [0.717, 1.165) is 45.7 Å². The van der Waals surface area contributed by atoms with Crippen molar-refractivity contribution in [2.45, 2.75) is 26.9 Å². The average molecular weight is 480 g/mol. The fourth-order valence-electron chi connectivity index (χ4n) is 4.62. The molecule has 0 unspecified atom stereocenters. The summed E-state index contributed by atoms with van der Waals surface area (Å²) in [6, 6.07) is 21.9. The Morgan fingerprint density at radius 2 is 1.50 bits per heavy atom. The lowest BCUT2D eigenvalue weighted by Crippen LogP contribution is -2.24. The summed E-state index contributed by atoms with van der Waals surface area (Å²) in [5, 5.41) is 4.82. The van der Waals surface area contributed by atoms with Gasteiger partial charge in [-0.3, -0.25) is 4.98 Å². The third-order valence-electron chi connectivity index (χ3n) is 6.10. The molecule has 2 aromatic carbocycles. The molecular weight excluding hydrogens is 450 g/mol. The SMILES string of the molecule is Cc1cc(-c2c(-c3ccccc3)nc(N)n3c(=O)n(Cc4ccccc4CN(C)C)nc23)cc(C)n1. The Morgan fingerprint density at radius 3 is 2.17 bits per heavy atom.